The molecule has 0 saturated carbocycles. The van der Waals surface area contributed by atoms with Crippen LogP contribution in [-0.4, -0.2) is 48.1 Å². The fraction of sp³-hybridized carbons (Fsp3) is 0.909. The van der Waals surface area contributed by atoms with Crippen LogP contribution in [-0.2, 0) is 4.79 Å². The van der Waals surface area contributed by atoms with E-state index < -0.39 is 24.0 Å². The van der Waals surface area contributed by atoms with Crippen molar-refractivity contribution in [3.05, 3.63) is 0 Å². The van der Waals surface area contributed by atoms with Crippen LogP contribution in [0.5, 0.6) is 0 Å². The smallest absolute Gasteiger partial charge is 0.333 e. The van der Waals surface area contributed by atoms with E-state index in [1.807, 2.05) is 0 Å². The molecule has 0 aromatic carbocycles. The van der Waals surface area contributed by atoms with E-state index >= 15 is 0 Å². The van der Waals surface area contributed by atoms with Crippen LogP contribution >= 0.6 is 0 Å². The molecule has 0 spiro atoms. The summed E-state index contributed by atoms with van der Waals surface area (Å²) in [6.45, 7) is 3.38. The van der Waals surface area contributed by atoms with Gasteiger partial charge in [0.1, 0.15) is 0 Å². The normalized spacial score (nSPS) is 20.9. The van der Waals surface area contributed by atoms with Gasteiger partial charge in [-0.05, 0) is 33.2 Å². The lowest BCUT2D eigenvalue weighted by molar-refractivity contribution is -0.275. The van der Waals surface area contributed by atoms with Crippen LogP contribution in [0.25, 0.3) is 0 Å². The summed E-state index contributed by atoms with van der Waals surface area (Å²) in [5.41, 5.74) is 0. The van der Waals surface area contributed by atoms with Crippen molar-refractivity contribution < 1.29 is 26.7 Å². The van der Waals surface area contributed by atoms with Crippen LogP contribution in [0.3, 0.4) is 0 Å². The largest absolute Gasteiger partial charge is 0.463 e. The fourth-order valence-electron chi connectivity index (χ4n) is 1.98. The quantitative estimate of drug-likeness (QED) is 0.804. The first-order chi connectivity index (χ1) is 8.57. The van der Waals surface area contributed by atoms with E-state index in [1.54, 1.807) is 0 Å². The Hall–Kier alpha value is -0.920. The highest BCUT2D eigenvalue weighted by molar-refractivity contribution is 5.84. The molecule has 1 aliphatic rings. The van der Waals surface area contributed by atoms with Gasteiger partial charge in [-0.2, -0.15) is 22.0 Å². The molecule has 19 heavy (non-hydrogen) atoms. The number of alkyl halides is 5. The maximum atomic E-state index is 13.1. The molecule has 1 atom stereocenters. The molecule has 0 radical (unpaired) electrons. The summed E-state index contributed by atoms with van der Waals surface area (Å²) < 4.78 is 62.8. The second-order valence-electron chi connectivity index (χ2n) is 4.92. The molecule has 8 heteroatoms. The summed E-state index contributed by atoms with van der Waals surface area (Å²) in [4.78, 5) is 12.1. The predicted molar refractivity (Wildman–Crippen MR) is 58.9 cm³/mol. The highest BCUT2D eigenvalue weighted by atomic mass is 19.4. The fourth-order valence-corrected chi connectivity index (χ4v) is 1.98. The summed E-state index contributed by atoms with van der Waals surface area (Å²) >= 11 is 0. The molecular formula is C11H17F5N2O. The van der Waals surface area contributed by atoms with Gasteiger partial charge in [0.15, 0.2) is 0 Å². The Morgan fingerprint density at radius 2 is 1.89 bits per heavy atom. The van der Waals surface area contributed by atoms with E-state index in [4.69, 9.17) is 0 Å². The van der Waals surface area contributed by atoms with Crippen molar-refractivity contribution in [2.45, 2.75) is 50.9 Å². The van der Waals surface area contributed by atoms with Gasteiger partial charge in [0, 0.05) is 18.6 Å². The lowest BCUT2D eigenvalue weighted by atomic mass is 10.1. The zero-order chi connectivity index (χ0) is 14.8. The summed E-state index contributed by atoms with van der Waals surface area (Å²) in [5, 5.41) is 2.97. The van der Waals surface area contributed by atoms with Crippen LogP contribution < -0.4 is 5.32 Å². The monoisotopic (exact) mass is 288 g/mol. The van der Waals surface area contributed by atoms with Gasteiger partial charge in [-0.1, -0.05) is 0 Å². The highest BCUT2D eigenvalue weighted by Crippen LogP contribution is 2.37. The van der Waals surface area contributed by atoms with Gasteiger partial charge in [-0.3, -0.25) is 4.79 Å². The Bertz CT molecular complexity index is 324. The molecule has 1 amide bonds. The Morgan fingerprint density at radius 1 is 1.32 bits per heavy atom. The number of nitrogens with one attached hydrogen (secondary N) is 1. The summed E-state index contributed by atoms with van der Waals surface area (Å²) in [5.74, 6) is -7.51. The number of halogens is 5. The third-order valence-electron chi connectivity index (χ3n) is 3.09. The first-order valence-corrected chi connectivity index (χ1v) is 6.06. The van der Waals surface area contributed by atoms with E-state index in [0.29, 0.717) is 17.9 Å². The van der Waals surface area contributed by atoms with Crippen molar-refractivity contribution in [3.63, 3.8) is 0 Å². The Morgan fingerprint density at radius 3 is 2.26 bits per heavy atom. The number of amides is 1. The van der Waals surface area contributed by atoms with Crippen LogP contribution in [0.1, 0.15) is 26.7 Å². The minimum absolute atomic E-state index is 0.137. The first kappa shape index (κ1) is 16.1. The number of hydrogen-bond acceptors (Lipinski definition) is 2. The molecule has 112 valence electrons. The van der Waals surface area contributed by atoms with Gasteiger partial charge in [0.25, 0.3) is 0 Å². The molecular weight excluding hydrogens is 271 g/mol. The van der Waals surface area contributed by atoms with E-state index in [0.717, 1.165) is 6.42 Å². The van der Waals surface area contributed by atoms with Gasteiger partial charge in [0.05, 0.1) is 0 Å². The van der Waals surface area contributed by atoms with E-state index in [-0.39, 0.29) is 12.6 Å². The Balaban J connectivity index is 2.83. The topological polar surface area (TPSA) is 32.3 Å². The van der Waals surface area contributed by atoms with Crippen molar-refractivity contribution in [3.8, 4) is 0 Å². The molecule has 0 aliphatic carbocycles. The second-order valence-corrected chi connectivity index (χ2v) is 4.92. The number of hydrogen-bond donors (Lipinski definition) is 1. The maximum absolute atomic E-state index is 13.1. The number of carbonyl (C=O) groups is 1. The van der Waals surface area contributed by atoms with Crippen LogP contribution in [0.4, 0.5) is 22.0 Å². The van der Waals surface area contributed by atoms with Crippen molar-refractivity contribution in [2.24, 2.45) is 0 Å². The standard InChI is InChI=1S/C11H17F5N2O/c1-7(2)18(6-8-4-3-5-17-8)9(19)10(12,13)11(14,15)16/h7-8,17H,3-6H2,1-2H3. The third kappa shape index (κ3) is 3.55. The molecule has 1 rings (SSSR count). The Labute approximate surface area is 108 Å². The van der Waals surface area contributed by atoms with Gasteiger partial charge in [-0.15, -0.1) is 0 Å². The molecule has 1 N–H and O–H groups in total. The highest BCUT2D eigenvalue weighted by Gasteiger charge is 2.64. The molecule has 0 aromatic rings. The van der Waals surface area contributed by atoms with Gasteiger partial charge in [0.2, 0.25) is 0 Å². The Kier molecular flexibility index (Phi) is 4.76. The van der Waals surface area contributed by atoms with Crippen LogP contribution in [0.15, 0.2) is 0 Å². The average molecular weight is 288 g/mol. The summed E-state index contributed by atoms with van der Waals surface area (Å²) in [6.07, 6.45) is -4.38. The molecule has 1 aliphatic heterocycles. The lowest BCUT2D eigenvalue weighted by Gasteiger charge is -2.32. The third-order valence-corrected chi connectivity index (χ3v) is 3.09. The number of rotatable bonds is 4. The zero-order valence-corrected chi connectivity index (χ0v) is 10.7. The predicted octanol–water partition coefficient (Wildman–Crippen LogP) is 2.17. The van der Waals surface area contributed by atoms with Gasteiger partial charge < -0.3 is 10.2 Å². The van der Waals surface area contributed by atoms with Crippen molar-refractivity contribution in [1.82, 2.24) is 10.2 Å². The van der Waals surface area contributed by atoms with Crippen molar-refractivity contribution in [1.29, 1.82) is 0 Å². The molecule has 1 unspecified atom stereocenters. The summed E-state index contributed by atoms with van der Waals surface area (Å²) in [7, 11) is 0. The summed E-state index contributed by atoms with van der Waals surface area (Å²) in [6, 6.07) is -0.946. The first-order valence-electron chi connectivity index (χ1n) is 6.06. The van der Waals surface area contributed by atoms with Gasteiger partial charge >= 0.3 is 18.0 Å². The maximum Gasteiger partial charge on any atom is 0.463 e. The minimum atomic E-state index is -5.86. The second kappa shape index (κ2) is 5.60. The van der Waals surface area contributed by atoms with Crippen LogP contribution in [0, 0.1) is 0 Å². The van der Waals surface area contributed by atoms with E-state index in [1.165, 1.54) is 13.8 Å². The minimum Gasteiger partial charge on any atom is -0.333 e. The number of carbonyl (C=O) groups excluding carboxylic acids is 1. The average Bonchev–Trinajstić information content (AvgIpc) is 2.75. The lowest BCUT2D eigenvalue weighted by Crippen LogP contribution is -2.56. The zero-order valence-electron chi connectivity index (χ0n) is 10.7. The number of nitrogens with zero attached hydrogens (tertiary/aromatic N) is 1. The SMILES string of the molecule is CC(C)N(CC1CCCN1)C(=O)C(F)(F)C(F)(F)F. The van der Waals surface area contributed by atoms with Crippen molar-refractivity contribution >= 4 is 5.91 Å². The molecule has 1 heterocycles. The van der Waals surface area contributed by atoms with Gasteiger partial charge in [-0.25, -0.2) is 0 Å². The molecule has 0 bridgehead atoms. The van der Waals surface area contributed by atoms with Crippen LogP contribution in [0.2, 0.25) is 0 Å². The molecule has 1 saturated heterocycles. The van der Waals surface area contributed by atoms with E-state index in [2.05, 4.69) is 5.32 Å². The van der Waals surface area contributed by atoms with E-state index in [9.17, 15) is 26.7 Å². The molecule has 3 nitrogen and oxygen atoms in total. The molecule has 0 aromatic heterocycles. The van der Waals surface area contributed by atoms with Crippen molar-refractivity contribution in [2.75, 3.05) is 13.1 Å². The molecule has 1 fully saturated rings.